The highest BCUT2D eigenvalue weighted by molar-refractivity contribution is 7.15. The number of pyridine rings is 1. The summed E-state index contributed by atoms with van der Waals surface area (Å²) in [6.45, 7) is 2.78. The molecule has 1 N–H and O–H groups in total. The van der Waals surface area contributed by atoms with Crippen molar-refractivity contribution in [2.75, 3.05) is 11.9 Å². The van der Waals surface area contributed by atoms with Gasteiger partial charge >= 0.3 is 5.97 Å². The molecule has 0 radical (unpaired) electrons. The molecule has 0 aliphatic carbocycles. The quantitative estimate of drug-likeness (QED) is 0.425. The van der Waals surface area contributed by atoms with Gasteiger partial charge in [-0.05, 0) is 36.8 Å². The van der Waals surface area contributed by atoms with E-state index in [4.69, 9.17) is 16.3 Å². The first kappa shape index (κ1) is 18.5. The van der Waals surface area contributed by atoms with Gasteiger partial charge in [-0.1, -0.05) is 29.8 Å². The van der Waals surface area contributed by atoms with Gasteiger partial charge < -0.3 is 14.5 Å². The van der Waals surface area contributed by atoms with Gasteiger partial charge in [0.2, 0.25) is 0 Å². The number of hydrogen-bond acceptors (Lipinski definition) is 5. The Kier molecular flexibility index (Phi) is 5.32. The number of hydrogen-bond donors (Lipinski definition) is 1. The van der Waals surface area contributed by atoms with E-state index in [2.05, 4.69) is 10.3 Å². The van der Waals surface area contributed by atoms with Crippen molar-refractivity contribution in [2.24, 2.45) is 0 Å². The molecule has 3 heterocycles. The molecule has 4 aromatic rings. The lowest BCUT2D eigenvalue weighted by atomic mass is 10.0. The van der Waals surface area contributed by atoms with Gasteiger partial charge in [-0.2, -0.15) is 0 Å². The van der Waals surface area contributed by atoms with Crippen molar-refractivity contribution >= 4 is 40.1 Å². The molecule has 142 valence electrons. The van der Waals surface area contributed by atoms with Crippen molar-refractivity contribution < 1.29 is 9.53 Å². The van der Waals surface area contributed by atoms with Crippen molar-refractivity contribution in [3.8, 4) is 11.1 Å². The fourth-order valence-electron chi connectivity index (χ4n) is 3.11. The lowest BCUT2D eigenvalue weighted by Crippen LogP contribution is -2.05. The van der Waals surface area contributed by atoms with Crippen LogP contribution >= 0.6 is 22.9 Å². The number of rotatable bonds is 6. The average molecular weight is 412 g/mol. The maximum absolute atomic E-state index is 12.6. The second-order valence-electron chi connectivity index (χ2n) is 6.15. The van der Waals surface area contributed by atoms with E-state index in [9.17, 15) is 4.79 Å². The van der Waals surface area contributed by atoms with Crippen molar-refractivity contribution in [3.05, 3.63) is 76.0 Å². The number of aromatic nitrogens is 2. The van der Waals surface area contributed by atoms with Crippen molar-refractivity contribution in [2.45, 2.75) is 13.5 Å². The van der Waals surface area contributed by atoms with Crippen LogP contribution in [0.4, 0.5) is 5.69 Å². The molecule has 0 aliphatic rings. The highest BCUT2D eigenvalue weighted by atomic mass is 35.5. The molecular weight excluding hydrogens is 394 g/mol. The predicted molar refractivity (Wildman–Crippen MR) is 113 cm³/mol. The molecule has 4 rings (SSSR count). The van der Waals surface area contributed by atoms with Crippen molar-refractivity contribution in [1.29, 1.82) is 0 Å². The third-order valence-corrected chi connectivity index (χ3v) is 5.44. The van der Waals surface area contributed by atoms with E-state index in [1.54, 1.807) is 6.20 Å². The zero-order valence-corrected chi connectivity index (χ0v) is 16.8. The largest absolute Gasteiger partial charge is 0.462 e. The third kappa shape index (κ3) is 3.74. The number of anilines is 1. The Morgan fingerprint density at radius 3 is 2.96 bits per heavy atom. The summed E-state index contributed by atoms with van der Waals surface area (Å²) in [5, 5.41) is 3.38. The molecule has 28 heavy (non-hydrogen) atoms. The van der Waals surface area contributed by atoms with Crippen LogP contribution in [0.25, 0.3) is 16.6 Å². The first-order chi connectivity index (χ1) is 13.7. The Hall–Kier alpha value is -2.83. The Balaban J connectivity index is 1.69. The average Bonchev–Trinajstić information content (AvgIpc) is 3.30. The number of thiazole rings is 1. The number of halogens is 1. The Bertz CT molecular complexity index is 1140. The summed E-state index contributed by atoms with van der Waals surface area (Å²) < 4.78 is 7.79. The molecule has 7 heteroatoms. The van der Waals surface area contributed by atoms with E-state index in [1.807, 2.05) is 66.2 Å². The van der Waals surface area contributed by atoms with Crippen LogP contribution in [0, 0.1) is 0 Å². The van der Waals surface area contributed by atoms with Gasteiger partial charge in [0.1, 0.15) is 0 Å². The van der Waals surface area contributed by atoms with Crippen LogP contribution in [0.15, 0.2) is 61.1 Å². The SMILES string of the molecule is CCOC(=O)c1c(-c2cccc(NCc3cnc(Cl)s3)c2)cn2ccccc12. The van der Waals surface area contributed by atoms with Crippen LogP contribution in [0.2, 0.25) is 4.47 Å². The normalized spacial score (nSPS) is 10.9. The zero-order chi connectivity index (χ0) is 19.5. The molecule has 0 fully saturated rings. The summed E-state index contributed by atoms with van der Waals surface area (Å²) in [6, 6.07) is 13.8. The number of esters is 1. The summed E-state index contributed by atoms with van der Waals surface area (Å²) in [7, 11) is 0. The maximum atomic E-state index is 12.6. The molecule has 0 aliphatic heterocycles. The fourth-order valence-corrected chi connectivity index (χ4v) is 4.03. The van der Waals surface area contributed by atoms with E-state index in [1.165, 1.54) is 11.3 Å². The summed E-state index contributed by atoms with van der Waals surface area (Å²) in [5.41, 5.74) is 4.14. The predicted octanol–water partition coefficient (Wildman–Crippen LogP) is 5.51. The number of nitrogens with zero attached hydrogens (tertiary/aromatic N) is 2. The number of benzene rings is 1. The molecular formula is C21H18ClN3O2S. The number of nitrogens with one attached hydrogen (secondary N) is 1. The monoisotopic (exact) mass is 411 g/mol. The molecule has 0 spiro atoms. The lowest BCUT2D eigenvalue weighted by molar-refractivity contribution is 0.0529. The van der Waals surface area contributed by atoms with Gasteiger partial charge in [-0.3, -0.25) is 0 Å². The van der Waals surface area contributed by atoms with E-state index in [0.29, 0.717) is 23.2 Å². The molecule has 0 unspecified atom stereocenters. The van der Waals surface area contributed by atoms with E-state index < -0.39 is 0 Å². The molecule has 0 atom stereocenters. The van der Waals surface area contributed by atoms with Crippen molar-refractivity contribution in [1.82, 2.24) is 9.38 Å². The first-order valence-electron chi connectivity index (χ1n) is 8.87. The van der Waals surface area contributed by atoms with E-state index >= 15 is 0 Å². The zero-order valence-electron chi connectivity index (χ0n) is 15.2. The number of carbonyl (C=O) groups is 1. The minimum Gasteiger partial charge on any atom is -0.462 e. The van der Waals surface area contributed by atoms with Crippen LogP contribution in [-0.4, -0.2) is 22.0 Å². The van der Waals surface area contributed by atoms with Gasteiger partial charge in [-0.25, -0.2) is 9.78 Å². The molecule has 0 amide bonds. The minimum absolute atomic E-state index is 0.316. The summed E-state index contributed by atoms with van der Waals surface area (Å²) in [6.07, 6.45) is 5.66. The topological polar surface area (TPSA) is 55.6 Å². The Morgan fingerprint density at radius 1 is 1.29 bits per heavy atom. The smallest absolute Gasteiger partial charge is 0.340 e. The first-order valence-corrected chi connectivity index (χ1v) is 10.1. The molecule has 0 bridgehead atoms. The molecule has 0 saturated heterocycles. The third-order valence-electron chi connectivity index (χ3n) is 4.33. The fraction of sp³-hybridized carbons (Fsp3) is 0.143. The molecule has 1 aromatic carbocycles. The van der Waals surface area contributed by atoms with Gasteiger partial charge in [-0.15, -0.1) is 11.3 Å². The van der Waals surface area contributed by atoms with Gasteiger partial charge in [0.25, 0.3) is 0 Å². The number of ether oxygens (including phenoxy) is 1. The van der Waals surface area contributed by atoms with Gasteiger partial charge in [0, 0.05) is 34.7 Å². The summed E-state index contributed by atoms with van der Waals surface area (Å²) in [4.78, 5) is 17.8. The summed E-state index contributed by atoms with van der Waals surface area (Å²) in [5.74, 6) is -0.316. The van der Waals surface area contributed by atoms with Crippen LogP contribution < -0.4 is 5.32 Å². The second-order valence-corrected chi connectivity index (χ2v) is 7.84. The molecule has 3 aromatic heterocycles. The number of carbonyl (C=O) groups excluding carboxylic acids is 1. The van der Waals surface area contributed by atoms with Gasteiger partial charge in [0.05, 0.1) is 24.2 Å². The van der Waals surface area contributed by atoms with Crippen LogP contribution in [0.5, 0.6) is 0 Å². The molecule has 0 saturated carbocycles. The second kappa shape index (κ2) is 8.04. The van der Waals surface area contributed by atoms with Crippen LogP contribution in [-0.2, 0) is 11.3 Å². The van der Waals surface area contributed by atoms with E-state index in [-0.39, 0.29) is 5.97 Å². The van der Waals surface area contributed by atoms with Crippen molar-refractivity contribution in [3.63, 3.8) is 0 Å². The lowest BCUT2D eigenvalue weighted by Gasteiger charge is -2.08. The Labute approximate surface area is 171 Å². The summed E-state index contributed by atoms with van der Waals surface area (Å²) >= 11 is 7.34. The van der Waals surface area contributed by atoms with E-state index in [0.717, 1.165) is 27.2 Å². The van der Waals surface area contributed by atoms with Crippen LogP contribution in [0.3, 0.4) is 0 Å². The van der Waals surface area contributed by atoms with Gasteiger partial charge in [0.15, 0.2) is 4.47 Å². The molecule has 5 nitrogen and oxygen atoms in total. The highest BCUT2D eigenvalue weighted by Gasteiger charge is 2.20. The Morgan fingerprint density at radius 2 is 2.18 bits per heavy atom. The maximum Gasteiger partial charge on any atom is 0.340 e. The highest BCUT2D eigenvalue weighted by Crippen LogP contribution is 2.31. The standard InChI is InChI=1S/C21H18ClN3O2S/c1-2-27-20(26)19-17(13-25-9-4-3-8-18(19)25)14-6-5-7-15(10-14)23-11-16-12-24-21(22)28-16/h3-10,12-13,23H,2,11H2,1H3. The number of fused-ring (bicyclic) bond motifs is 1. The minimum atomic E-state index is -0.316. The van der Waals surface area contributed by atoms with Crippen LogP contribution in [0.1, 0.15) is 22.2 Å².